The minimum Gasteiger partial charge on any atom is -0.507 e. The van der Waals surface area contributed by atoms with E-state index in [1.807, 2.05) is 56.3 Å². The van der Waals surface area contributed by atoms with Crippen molar-refractivity contribution in [3.05, 3.63) is 70.3 Å². The van der Waals surface area contributed by atoms with Crippen LogP contribution in [0.5, 0.6) is 5.75 Å². The molecule has 6 heteroatoms. The summed E-state index contributed by atoms with van der Waals surface area (Å²) in [6.45, 7) is 10.8. The second-order valence-corrected chi connectivity index (χ2v) is 9.95. The Morgan fingerprint density at radius 2 is 1.78 bits per heavy atom. The highest BCUT2D eigenvalue weighted by Gasteiger charge is 2.46. The number of aryl methyl sites for hydroxylation is 2. The Morgan fingerprint density at radius 3 is 2.47 bits per heavy atom. The highest BCUT2D eigenvalue weighted by molar-refractivity contribution is 6.46. The van der Waals surface area contributed by atoms with Crippen LogP contribution in [-0.2, 0) is 22.4 Å². The highest BCUT2D eigenvalue weighted by atomic mass is 16.5. The smallest absolute Gasteiger partial charge is 0.295 e. The fourth-order valence-corrected chi connectivity index (χ4v) is 5.31. The molecule has 0 bridgehead atoms. The molecule has 1 atom stereocenters. The van der Waals surface area contributed by atoms with Gasteiger partial charge in [0.15, 0.2) is 0 Å². The van der Waals surface area contributed by atoms with Gasteiger partial charge in [-0.3, -0.25) is 9.59 Å². The summed E-state index contributed by atoms with van der Waals surface area (Å²) in [6, 6.07) is 12.8. The van der Waals surface area contributed by atoms with Gasteiger partial charge < -0.3 is 19.6 Å². The van der Waals surface area contributed by atoms with Crippen LogP contribution in [0.25, 0.3) is 5.76 Å². The lowest BCUT2D eigenvalue weighted by Gasteiger charge is -2.28. The van der Waals surface area contributed by atoms with Crippen LogP contribution in [0, 0.1) is 0 Å². The van der Waals surface area contributed by atoms with Gasteiger partial charge in [0.25, 0.3) is 11.7 Å². The third-order valence-corrected chi connectivity index (χ3v) is 7.26. The lowest BCUT2D eigenvalue weighted by atomic mass is 9.88. The Hall–Kier alpha value is -3.12. The molecule has 2 aromatic rings. The van der Waals surface area contributed by atoms with Crippen LogP contribution < -0.4 is 4.74 Å². The van der Waals surface area contributed by atoms with E-state index in [1.165, 1.54) is 17.5 Å². The van der Waals surface area contributed by atoms with Crippen molar-refractivity contribution in [2.24, 2.45) is 0 Å². The van der Waals surface area contributed by atoms with E-state index in [0.29, 0.717) is 24.4 Å². The fourth-order valence-electron chi connectivity index (χ4n) is 5.31. The second-order valence-electron chi connectivity index (χ2n) is 9.95. The number of amides is 1. The van der Waals surface area contributed by atoms with Crippen molar-refractivity contribution in [1.82, 2.24) is 9.80 Å². The first kappa shape index (κ1) is 26.0. The molecule has 1 amide bonds. The van der Waals surface area contributed by atoms with Crippen LogP contribution in [-0.4, -0.2) is 58.9 Å². The van der Waals surface area contributed by atoms with E-state index in [-0.39, 0.29) is 17.4 Å². The predicted molar refractivity (Wildman–Crippen MR) is 142 cm³/mol. The lowest BCUT2D eigenvalue weighted by Crippen LogP contribution is -2.38. The zero-order valence-corrected chi connectivity index (χ0v) is 21.9. The molecule has 0 saturated carbocycles. The lowest BCUT2D eigenvalue weighted by molar-refractivity contribution is -0.140. The Labute approximate surface area is 214 Å². The molecule has 0 radical (unpaired) electrons. The zero-order valence-electron chi connectivity index (χ0n) is 21.9. The maximum Gasteiger partial charge on any atom is 0.295 e. The molecule has 1 saturated heterocycles. The minimum absolute atomic E-state index is 0.00947. The molecular formula is C30H38N2O4. The van der Waals surface area contributed by atoms with Gasteiger partial charge in [0.1, 0.15) is 11.5 Å². The van der Waals surface area contributed by atoms with E-state index in [0.717, 1.165) is 37.9 Å². The number of benzene rings is 2. The Morgan fingerprint density at radius 1 is 1.06 bits per heavy atom. The number of likely N-dealkylation sites (tertiary alicyclic amines) is 1. The predicted octanol–water partition coefficient (Wildman–Crippen LogP) is 5.12. The van der Waals surface area contributed by atoms with E-state index < -0.39 is 17.7 Å². The number of likely N-dealkylation sites (N-methyl/N-ethyl adjacent to an activating group) is 1. The summed E-state index contributed by atoms with van der Waals surface area (Å²) in [5, 5.41) is 11.5. The molecular weight excluding hydrogens is 452 g/mol. The van der Waals surface area contributed by atoms with Gasteiger partial charge in [-0.2, -0.15) is 0 Å². The van der Waals surface area contributed by atoms with Crippen molar-refractivity contribution in [2.45, 2.75) is 65.5 Å². The first-order valence-corrected chi connectivity index (χ1v) is 13.2. The van der Waals surface area contributed by atoms with Gasteiger partial charge in [0.05, 0.1) is 17.7 Å². The third-order valence-electron chi connectivity index (χ3n) is 7.26. The van der Waals surface area contributed by atoms with Gasteiger partial charge in [-0.15, -0.1) is 0 Å². The summed E-state index contributed by atoms with van der Waals surface area (Å²) < 4.78 is 5.90. The molecule has 1 heterocycles. The summed E-state index contributed by atoms with van der Waals surface area (Å²) in [6.07, 6.45) is 4.28. The van der Waals surface area contributed by atoms with Gasteiger partial charge in [-0.1, -0.05) is 38.1 Å². The maximum atomic E-state index is 13.4. The van der Waals surface area contributed by atoms with E-state index in [9.17, 15) is 14.7 Å². The van der Waals surface area contributed by atoms with Crippen molar-refractivity contribution < 1.29 is 19.4 Å². The molecule has 2 aliphatic rings. The summed E-state index contributed by atoms with van der Waals surface area (Å²) >= 11 is 0. The molecule has 1 aliphatic carbocycles. The number of Topliss-reactive ketones (excluding diaryl/α,β-unsaturated/α-hetero) is 1. The normalized spacial score (nSPS) is 19.3. The van der Waals surface area contributed by atoms with Gasteiger partial charge in [0.2, 0.25) is 0 Å². The quantitative estimate of drug-likeness (QED) is 0.300. The number of rotatable bonds is 9. The van der Waals surface area contributed by atoms with Gasteiger partial charge >= 0.3 is 0 Å². The van der Waals surface area contributed by atoms with Crippen LogP contribution >= 0.6 is 0 Å². The Balaban J connectivity index is 1.80. The van der Waals surface area contributed by atoms with Gasteiger partial charge in [-0.05, 0) is 87.5 Å². The number of nitrogens with zero attached hydrogens (tertiary/aromatic N) is 2. The molecule has 36 heavy (non-hydrogen) atoms. The molecule has 4 rings (SSSR count). The molecule has 0 aromatic heterocycles. The Kier molecular flexibility index (Phi) is 8.14. The van der Waals surface area contributed by atoms with Crippen molar-refractivity contribution in [1.29, 1.82) is 0 Å². The van der Waals surface area contributed by atoms with Gasteiger partial charge in [0, 0.05) is 18.7 Å². The third kappa shape index (κ3) is 5.34. The van der Waals surface area contributed by atoms with E-state index in [4.69, 9.17) is 4.74 Å². The number of aliphatic hydroxyl groups excluding tert-OH is 1. The zero-order chi connectivity index (χ0) is 25.8. The number of aliphatic hydroxyl groups is 1. The standard InChI is InChI=1S/C30H38N2O4/c1-5-31(6-2)16-17-32-27(23-12-9-13-25(19-23)36-20(3)4)26(29(34)30(32)35)28(33)24-15-14-21-10-7-8-11-22(21)18-24/h9,12-15,18-20,27,33H,5-8,10-11,16-17H2,1-4H3/b28-26-. The largest absolute Gasteiger partial charge is 0.507 e. The van der Waals surface area contributed by atoms with Crippen LogP contribution in [0.1, 0.15) is 68.8 Å². The number of fused-ring (bicyclic) bond motifs is 1. The van der Waals surface area contributed by atoms with Crippen LogP contribution in [0.3, 0.4) is 0 Å². The van der Waals surface area contributed by atoms with Crippen molar-refractivity contribution in [3.63, 3.8) is 0 Å². The van der Waals surface area contributed by atoms with E-state index in [1.54, 1.807) is 4.90 Å². The van der Waals surface area contributed by atoms with Gasteiger partial charge in [-0.25, -0.2) is 0 Å². The average Bonchev–Trinajstić information content (AvgIpc) is 3.13. The van der Waals surface area contributed by atoms with Crippen molar-refractivity contribution >= 4 is 17.4 Å². The molecule has 192 valence electrons. The average molecular weight is 491 g/mol. The van der Waals surface area contributed by atoms with Crippen LogP contribution in [0.4, 0.5) is 0 Å². The van der Waals surface area contributed by atoms with Crippen molar-refractivity contribution in [2.75, 3.05) is 26.2 Å². The number of ketones is 1. The summed E-state index contributed by atoms with van der Waals surface area (Å²) in [4.78, 5) is 30.5. The molecule has 0 spiro atoms. The number of carbonyl (C=O) groups is 2. The minimum atomic E-state index is -0.674. The SMILES string of the molecule is CCN(CC)CCN1C(=O)C(=O)/C(=C(\O)c2ccc3c(c2)CCCC3)C1c1cccc(OC(C)C)c1. The summed E-state index contributed by atoms with van der Waals surface area (Å²) in [5.74, 6) is -0.635. The highest BCUT2D eigenvalue weighted by Crippen LogP contribution is 2.40. The number of hydrogen-bond acceptors (Lipinski definition) is 5. The first-order chi connectivity index (χ1) is 17.3. The van der Waals surface area contributed by atoms with E-state index >= 15 is 0 Å². The molecule has 6 nitrogen and oxygen atoms in total. The molecule has 1 fully saturated rings. The fraction of sp³-hybridized carbons (Fsp3) is 0.467. The molecule has 1 N–H and O–H groups in total. The number of carbonyl (C=O) groups excluding carboxylic acids is 2. The van der Waals surface area contributed by atoms with E-state index in [2.05, 4.69) is 18.7 Å². The second kappa shape index (κ2) is 11.3. The van der Waals surface area contributed by atoms with Crippen LogP contribution in [0.15, 0.2) is 48.0 Å². The number of ether oxygens (including phenoxy) is 1. The molecule has 2 aromatic carbocycles. The number of hydrogen-bond donors (Lipinski definition) is 1. The monoisotopic (exact) mass is 490 g/mol. The summed E-state index contributed by atoms with van der Waals surface area (Å²) in [5.41, 5.74) is 4.01. The Bertz CT molecular complexity index is 1150. The first-order valence-electron chi connectivity index (χ1n) is 13.2. The van der Waals surface area contributed by atoms with Crippen LogP contribution in [0.2, 0.25) is 0 Å². The topological polar surface area (TPSA) is 70.1 Å². The molecule has 1 unspecified atom stereocenters. The maximum absolute atomic E-state index is 13.4. The molecule has 1 aliphatic heterocycles. The van der Waals surface area contributed by atoms with Crippen molar-refractivity contribution in [3.8, 4) is 5.75 Å². The summed E-state index contributed by atoms with van der Waals surface area (Å²) in [7, 11) is 0.